The molecule has 0 aliphatic carbocycles. The van der Waals surface area contributed by atoms with Gasteiger partial charge in [-0.1, -0.05) is 101 Å². The second-order valence-electron chi connectivity index (χ2n) is 13.5. The van der Waals surface area contributed by atoms with Gasteiger partial charge >= 0.3 is 0 Å². The maximum absolute atomic E-state index is 6.16. The minimum Gasteiger partial charge on any atom is -0.456 e. The van der Waals surface area contributed by atoms with Crippen LogP contribution in [0.15, 0.2) is 185 Å². The number of rotatable bonds is 4. The number of nitrogens with zero attached hydrogens (tertiary/aromatic N) is 2. The summed E-state index contributed by atoms with van der Waals surface area (Å²) in [5, 5.41) is 7.21. The van der Waals surface area contributed by atoms with Gasteiger partial charge in [-0.25, -0.2) is 0 Å². The van der Waals surface area contributed by atoms with Crippen LogP contribution in [0.1, 0.15) is 0 Å². The molecule has 0 aliphatic heterocycles. The molecule has 3 heterocycles. The summed E-state index contributed by atoms with van der Waals surface area (Å²) in [5.74, 6) is 0. The fourth-order valence-electron chi connectivity index (χ4n) is 8.21. The van der Waals surface area contributed by atoms with Gasteiger partial charge in [0.1, 0.15) is 11.2 Å². The van der Waals surface area contributed by atoms with E-state index in [1.54, 1.807) is 0 Å². The lowest BCUT2D eigenvalue weighted by atomic mass is 9.97. The lowest BCUT2D eigenvalue weighted by molar-refractivity contribution is 0.669. The molecular formula is C48H29BrN2O. The summed E-state index contributed by atoms with van der Waals surface area (Å²) in [7, 11) is 0. The predicted octanol–water partition coefficient (Wildman–Crippen LogP) is 13.9. The van der Waals surface area contributed by atoms with E-state index in [1.807, 2.05) is 12.1 Å². The highest BCUT2D eigenvalue weighted by atomic mass is 79.9. The molecule has 0 bridgehead atoms. The van der Waals surface area contributed by atoms with Gasteiger partial charge in [0.2, 0.25) is 0 Å². The van der Waals surface area contributed by atoms with Crippen LogP contribution in [0.4, 0.5) is 0 Å². The molecule has 0 fully saturated rings. The van der Waals surface area contributed by atoms with Crippen LogP contribution in [0, 0.1) is 0 Å². The van der Waals surface area contributed by atoms with E-state index in [9.17, 15) is 0 Å². The molecule has 0 saturated heterocycles. The summed E-state index contributed by atoms with van der Waals surface area (Å²) >= 11 is 3.87. The van der Waals surface area contributed by atoms with E-state index in [-0.39, 0.29) is 0 Å². The molecule has 244 valence electrons. The average molecular weight is 730 g/mol. The topological polar surface area (TPSA) is 23.0 Å². The van der Waals surface area contributed by atoms with E-state index in [2.05, 4.69) is 189 Å². The van der Waals surface area contributed by atoms with E-state index in [1.165, 1.54) is 71.6 Å². The summed E-state index contributed by atoms with van der Waals surface area (Å²) in [6.45, 7) is 0. The van der Waals surface area contributed by atoms with Crippen LogP contribution in [0.2, 0.25) is 0 Å². The first-order valence-electron chi connectivity index (χ1n) is 17.5. The third-order valence-electron chi connectivity index (χ3n) is 10.5. The smallest absolute Gasteiger partial charge is 0.135 e. The predicted molar refractivity (Wildman–Crippen MR) is 221 cm³/mol. The molecule has 4 heteroatoms. The SMILES string of the molecule is Brc1cc(-c2ccc3c(c2)c2ccccc2n3-c2ccccc2)cc(-c2ccc3c(c2)c2ccccc2n3-c2ccc3oc4ccccc4c3c2)c1. The van der Waals surface area contributed by atoms with Crippen molar-refractivity contribution in [2.24, 2.45) is 0 Å². The number of hydrogen-bond acceptors (Lipinski definition) is 1. The van der Waals surface area contributed by atoms with Gasteiger partial charge in [-0.15, -0.1) is 0 Å². The van der Waals surface area contributed by atoms with Crippen LogP contribution < -0.4 is 0 Å². The Hall–Kier alpha value is -6.36. The molecule has 0 atom stereocenters. The number of benzene rings is 8. The van der Waals surface area contributed by atoms with Crippen LogP contribution >= 0.6 is 15.9 Å². The Morgan fingerprint density at radius 2 is 0.846 bits per heavy atom. The Morgan fingerprint density at radius 3 is 1.50 bits per heavy atom. The first kappa shape index (κ1) is 29.4. The van der Waals surface area contributed by atoms with E-state index in [0.29, 0.717) is 0 Å². The number of aromatic nitrogens is 2. The summed E-state index contributed by atoms with van der Waals surface area (Å²) in [6.07, 6.45) is 0. The standard InChI is InChI=1S/C48H29BrN2O/c49-34-25-32(30-18-21-45-40(27-30)37-12-4-7-15-43(37)50(45)35-10-2-1-3-11-35)24-33(26-34)31-19-22-46-41(28-31)38-13-5-8-16-44(38)51(46)36-20-23-48-42(29-36)39-14-6-9-17-47(39)52-48/h1-29H. The van der Waals surface area contributed by atoms with Crippen LogP contribution in [0.25, 0.3) is 99.2 Å². The molecular weight excluding hydrogens is 700 g/mol. The third kappa shape index (κ3) is 4.44. The zero-order valence-corrected chi connectivity index (χ0v) is 29.5. The van der Waals surface area contributed by atoms with Crippen molar-refractivity contribution in [1.29, 1.82) is 0 Å². The van der Waals surface area contributed by atoms with Crippen LogP contribution in [0.3, 0.4) is 0 Å². The molecule has 8 aromatic carbocycles. The van der Waals surface area contributed by atoms with E-state index in [4.69, 9.17) is 4.42 Å². The maximum Gasteiger partial charge on any atom is 0.135 e. The molecule has 0 aliphatic rings. The lowest BCUT2D eigenvalue weighted by Gasteiger charge is -2.11. The number of hydrogen-bond donors (Lipinski definition) is 0. The monoisotopic (exact) mass is 728 g/mol. The highest BCUT2D eigenvalue weighted by Crippen LogP contribution is 2.40. The summed E-state index contributed by atoms with van der Waals surface area (Å²) in [4.78, 5) is 0. The van der Waals surface area contributed by atoms with Gasteiger partial charge < -0.3 is 13.6 Å². The quantitative estimate of drug-likeness (QED) is 0.177. The van der Waals surface area contributed by atoms with Gasteiger partial charge in [0.15, 0.2) is 0 Å². The Labute approximate surface area is 307 Å². The van der Waals surface area contributed by atoms with Crippen molar-refractivity contribution in [3.63, 3.8) is 0 Å². The van der Waals surface area contributed by atoms with Crippen LogP contribution in [-0.4, -0.2) is 9.13 Å². The second kappa shape index (κ2) is 11.3. The molecule has 3 aromatic heterocycles. The number of fused-ring (bicyclic) bond motifs is 9. The van der Waals surface area contributed by atoms with E-state index in [0.717, 1.165) is 32.1 Å². The zero-order valence-electron chi connectivity index (χ0n) is 27.9. The van der Waals surface area contributed by atoms with Gasteiger partial charge in [0.05, 0.1) is 22.1 Å². The van der Waals surface area contributed by atoms with Gasteiger partial charge in [0.25, 0.3) is 0 Å². The van der Waals surface area contributed by atoms with Crippen LogP contribution in [-0.2, 0) is 0 Å². The highest BCUT2D eigenvalue weighted by molar-refractivity contribution is 9.10. The van der Waals surface area contributed by atoms with Crippen molar-refractivity contribution in [2.75, 3.05) is 0 Å². The average Bonchev–Trinajstić information content (AvgIpc) is 3.85. The Bertz CT molecular complexity index is 3200. The largest absolute Gasteiger partial charge is 0.456 e. The van der Waals surface area contributed by atoms with Gasteiger partial charge in [-0.2, -0.15) is 0 Å². The molecule has 0 N–H and O–H groups in total. The third-order valence-corrected chi connectivity index (χ3v) is 11.0. The molecule has 0 spiro atoms. The summed E-state index contributed by atoms with van der Waals surface area (Å²) in [5.41, 5.74) is 13.6. The summed E-state index contributed by atoms with van der Waals surface area (Å²) < 4.78 is 12.0. The van der Waals surface area contributed by atoms with Gasteiger partial charge in [-0.3, -0.25) is 0 Å². The zero-order chi connectivity index (χ0) is 34.3. The highest BCUT2D eigenvalue weighted by Gasteiger charge is 2.17. The van der Waals surface area contributed by atoms with Crippen molar-refractivity contribution in [3.8, 4) is 33.6 Å². The minimum atomic E-state index is 0.902. The maximum atomic E-state index is 6.16. The van der Waals surface area contributed by atoms with E-state index >= 15 is 0 Å². The Balaban J connectivity index is 1.05. The molecule has 52 heavy (non-hydrogen) atoms. The summed E-state index contributed by atoms with van der Waals surface area (Å²) in [6, 6.07) is 63.3. The van der Waals surface area contributed by atoms with Crippen molar-refractivity contribution in [2.45, 2.75) is 0 Å². The van der Waals surface area contributed by atoms with Gasteiger partial charge in [-0.05, 0) is 113 Å². The number of furan rings is 1. The molecule has 11 aromatic rings. The fourth-order valence-corrected chi connectivity index (χ4v) is 8.71. The molecule has 0 unspecified atom stereocenters. The number of halogens is 1. The molecule has 11 rings (SSSR count). The lowest BCUT2D eigenvalue weighted by Crippen LogP contribution is -1.93. The van der Waals surface area contributed by atoms with Crippen molar-refractivity contribution in [3.05, 3.63) is 180 Å². The number of para-hydroxylation sites is 4. The molecule has 0 amide bonds. The van der Waals surface area contributed by atoms with Crippen LogP contribution in [0.5, 0.6) is 0 Å². The van der Waals surface area contributed by atoms with Gasteiger partial charge in [0, 0.05) is 48.2 Å². The van der Waals surface area contributed by atoms with Crippen molar-refractivity contribution in [1.82, 2.24) is 9.13 Å². The Kier molecular flexibility index (Phi) is 6.40. The molecule has 0 radical (unpaired) electrons. The first-order valence-corrected chi connectivity index (χ1v) is 18.3. The fraction of sp³-hybridized carbons (Fsp3) is 0. The normalized spacial score (nSPS) is 11.9. The van der Waals surface area contributed by atoms with Crippen molar-refractivity contribution >= 4 is 81.5 Å². The van der Waals surface area contributed by atoms with E-state index < -0.39 is 0 Å². The first-order chi connectivity index (χ1) is 25.7. The second-order valence-corrected chi connectivity index (χ2v) is 14.4. The Morgan fingerprint density at radius 1 is 0.327 bits per heavy atom. The molecule has 0 saturated carbocycles. The van der Waals surface area contributed by atoms with Crippen molar-refractivity contribution < 1.29 is 4.42 Å². The molecule has 3 nitrogen and oxygen atoms in total. The minimum absolute atomic E-state index is 0.902.